The Kier molecular flexibility index (Phi) is 44.0. The molecule has 0 fully saturated rings. The van der Waals surface area contributed by atoms with E-state index in [-0.39, 0.29) is 26.1 Å². The van der Waals surface area contributed by atoms with Crippen LogP contribution < -0.4 is 0 Å². The number of allylic oxidation sites excluding steroid dienone is 20. The first-order chi connectivity index (χ1) is 32.0. The summed E-state index contributed by atoms with van der Waals surface area (Å²) >= 11 is 0. The van der Waals surface area contributed by atoms with Gasteiger partial charge < -0.3 is 18.9 Å². The molecule has 1 N–H and O–H groups in total. The van der Waals surface area contributed by atoms with E-state index in [0.29, 0.717) is 23.9 Å². The number of hydrogen-bond acceptors (Lipinski definition) is 7. The molecule has 0 rings (SSSR count). The van der Waals surface area contributed by atoms with E-state index in [2.05, 4.69) is 135 Å². The van der Waals surface area contributed by atoms with Crippen molar-refractivity contribution in [1.29, 1.82) is 0 Å². The summed E-state index contributed by atoms with van der Waals surface area (Å²) in [6.07, 6.45) is 65.4. The molecule has 0 aromatic rings. The predicted octanol–water partition coefficient (Wildman–Crippen LogP) is 15.2. The monoisotopic (exact) mass is 939 g/mol. The molecule has 0 aliphatic rings. The molecule has 0 aliphatic carbocycles. The largest absolute Gasteiger partial charge is 0.472 e. The second kappa shape index (κ2) is 46.5. The Bertz CT molecular complexity index is 1530. The van der Waals surface area contributed by atoms with E-state index in [4.69, 9.17) is 18.5 Å². The molecule has 10 heteroatoms. The van der Waals surface area contributed by atoms with E-state index in [1.165, 1.54) is 19.3 Å². The molecule has 9 nitrogen and oxygen atoms in total. The Hall–Kier alpha value is -3.59. The van der Waals surface area contributed by atoms with Crippen molar-refractivity contribution in [2.45, 2.75) is 174 Å². The highest BCUT2D eigenvalue weighted by Crippen LogP contribution is 2.43. The van der Waals surface area contributed by atoms with Gasteiger partial charge in [-0.15, -0.1) is 0 Å². The average molecular weight is 939 g/mol. The molecule has 374 valence electrons. The van der Waals surface area contributed by atoms with Gasteiger partial charge in [0.2, 0.25) is 0 Å². The van der Waals surface area contributed by atoms with Gasteiger partial charge in [-0.2, -0.15) is 0 Å². The molecule has 0 radical (unpaired) electrons. The molecule has 2 atom stereocenters. The van der Waals surface area contributed by atoms with Crippen molar-refractivity contribution >= 4 is 19.8 Å². The maximum atomic E-state index is 12.8. The van der Waals surface area contributed by atoms with Crippen LogP contribution in [0.2, 0.25) is 0 Å². The fourth-order valence-electron chi connectivity index (χ4n) is 6.12. The lowest BCUT2D eigenvalue weighted by molar-refractivity contribution is -0.870. The van der Waals surface area contributed by atoms with E-state index >= 15 is 0 Å². The first-order valence-electron chi connectivity index (χ1n) is 25.3. The number of quaternary nitrogens is 1. The first kappa shape index (κ1) is 62.4. The Labute approximate surface area is 403 Å². The lowest BCUT2D eigenvalue weighted by Crippen LogP contribution is -2.37. The van der Waals surface area contributed by atoms with E-state index in [1.54, 1.807) is 0 Å². The molecule has 2 unspecified atom stereocenters. The molecule has 0 amide bonds. The van der Waals surface area contributed by atoms with Crippen LogP contribution in [0.4, 0.5) is 0 Å². The summed E-state index contributed by atoms with van der Waals surface area (Å²) in [7, 11) is 1.42. The number of rotatable bonds is 44. The van der Waals surface area contributed by atoms with E-state index in [0.717, 1.165) is 109 Å². The molecule has 0 aromatic heterocycles. The summed E-state index contributed by atoms with van der Waals surface area (Å²) in [4.78, 5) is 35.5. The van der Waals surface area contributed by atoms with Crippen LogP contribution in [-0.2, 0) is 32.7 Å². The summed E-state index contributed by atoms with van der Waals surface area (Å²) in [5.41, 5.74) is 0. The van der Waals surface area contributed by atoms with Crippen LogP contribution in [0, 0.1) is 0 Å². The topological polar surface area (TPSA) is 108 Å². The fourth-order valence-corrected chi connectivity index (χ4v) is 6.87. The molecule has 0 saturated heterocycles. The summed E-state index contributed by atoms with van der Waals surface area (Å²) in [5, 5.41) is 0. The number of hydrogen-bond donors (Lipinski definition) is 1. The van der Waals surface area contributed by atoms with Crippen molar-refractivity contribution in [2.24, 2.45) is 0 Å². The number of phosphoric ester groups is 1. The molecular formula is C56H93NO8P+. The van der Waals surface area contributed by atoms with Crippen molar-refractivity contribution in [3.63, 3.8) is 0 Å². The molecule has 0 saturated carbocycles. The third kappa shape index (κ3) is 49.8. The highest BCUT2D eigenvalue weighted by atomic mass is 31.2. The molecule has 0 aliphatic heterocycles. The maximum Gasteiger partial charge on any atom is 0.472 e. The number of phosphoric acid groups is 1. The Morgan fingerprint density at radius 3 is 1.23 bits per heavy atom. The number of esters is 2. The normalized spacial score (nSPS) is 14.5. The van der Waals surface area contributed by atoms with Crippen LogP contribution in [0.1, 0.15) is 168 Å². The summed E-state index contributed by atoms with van der Waals surface area (Å²) < 4.78 is 34.4. The molecule has 0 aromatic carbocycles. The van der Waals surface area contributed by atoms with Crippen molar-refractivity contribution in [2.75, 3.05) is 47.5 Å². The van der Waals surface area contributed by atoms with Gasteiger partial charge in [-0.3, -0.25) is 18.6 Å². The minimum atomic E-state index is -4.40. The lowest BCUT2D eigenvalue weighted by Gasteiger charge is -2.24. The summed E-state index contributed by atoms with van der Waals surface area (Å²) in [5.74, 6) is -0.860. The van der Waals surface area contributed by atoms with Crippen molar-refractivity contribution in [3.05, 3.63) is 122 Å². The standard InChI is InChI=1S/C56H92NO8P/c1-6-8-10-12-14-16-18-20-22-24-25-26-27-28-29-30-31-33-35-37-39-41-43-45-47-49-56(59)65-54(53-64-66(60,61)63-51-50-57(3,4)5)52-62-55(58)48-46-44-42-40-38-36-34-32-23-21-19-17-15-13-11-9-7-2/h8-11,14-17,20-23,25-26,28-29,31,33,37,39,54H,6-7,12-13,18-19,24,27,30,32,34-36,38,40-53H2,1-5H3/p+1/b10-8-,11-9-,16-14-,17-15-,22-20-,23-21-,26-25-,29-28-,33-31-,39-37-. The summed E-state index contributed by atoms with van der Waals surface area (Å²) in [6, 6.07) is 0. The van der Waals surface area contributed by atoms with Crippen LogP contribution in [0.25, 0.3) is 0 Å². The van der Waals surface area contributed by atoms with E-state index < -0.39 is 32.5 Å². The zero-order chi connectivity index (χ0) is 48.5. The molecular weight excluding hydrogens is 846 g/mol. The minimum absolute atomic E-state index is 0.0154. The Balaban J connectivity index is 4.39. The number of likely N-dealkylation sites (N-methyl/N-ethyl adjacent to an activating group) is 1. The Morgan fingerprint density at radius 2 is 0.818 bits per heavy atom. The van der Waals surface area contributed by atoms with Crippen molar-refractivity contribution < 1.29 is 42.1 Å². The zero-order valence-electron chi connectivity index (χ0n) is 42.1. The maximum absolute atomic E-state index is 12.8. The van der Waals surface area contributed by atoms with Gasteiger partial charge in [0.1, 0.15) is 19.8 Å². The van der Waals surface area contributed by atoms with Crippen LogP contribution in [0.3, 0.4) is 0 Å². The number of ether oxygens (including phenoxy) is 2. The number of carbonyl (C=O) groups is 2. The number of nitrogens with zero attached hydrogens (tertiary/aromatic N) is 1. The highest BCUT2D eigenvalue weighted by Gasteiger charge is 2.27. The van der Waals surface area contributed by atoms with Gasteiger partial charge in [0.05, 0.1) is 27.7 Å². The predicted molar refractivity (Wildman–Crippen MR) is 279 cm³/mol. The highest BCUT2D eigenvalue weighted by molar-refractivity contribution is 7.47. The van der Waals surface area contributed by atoms with Gasteiger partial charge in [-0.05, 0) is 103 Å². The van der Waals surface area contributed by atoms with Crippen LogP contribution in [-0.4, -0.2) is 74.9 Å². The Morgan fingerprint density at radius 1 is 0.470 bits per heavy atom. The molecule has 0 heterocycles. The molecule has 0 spiro atoms. The van der Waals surface area contributed by atoms with Gasteiger partial charge in [-0.1, -0.05) is 174 Å². The van der Waals surface area contributed by atoms with Crippen molar-refractivity contribution in [3.8, 4) is 0 Å². The zero-order valence-corrected chi connectivity index (χ0v) is 43.0. The van der Waals surface area contributed by atoms with Crippen LogP contribution in [0.15, 0.2) is 122 Å². The van der Waals surface area contributed by atoms with Crippen LogP contribution >= 0.6 is 7.82 Å². The van der Waals surface area contributed by atoms with Crippen molar-refractivity contribution in [1.82, 2.24) is 0 Å². The third-order valence-corrected chi connectivity index (χ3v) is 11.0. The summed E-state index contributed by atoms with van der Waals surface area (Å²) in [6.45, 7) is 4.12. The van der Waals surface area contributed by atoms with E-state index in [1.807, 2.05) is 21.1 Å². The smallest absolute Gasteiger partial charge is 0.462 e. The third-order valence-electron chi connectivity index (χ3n) is 9.99. The fraction of sp³-hybridized carbons (Fsp3) is 0.607. The number of unbranched alkanes of at least 4 members (excludes halogenated alkanes) is 10. The quantitative estimate of drug-likeness (QED) is 0.0212. The minimum Gasteiger partial charge on any atom is -0.462 e. The second-order valence-corrected chi connectivity index (χ2v) is 18.9. The van der Waals surface area contributed by atoms with Gasteiger partial charge in [-0.25, -0.2) is 4.57 Å². The lowest BCUT2D eigenvalue weighted by atomic mass is 10.1. The second-order valence-electron chi connectivity index (χ2n) is 17.4. The first-order valence-corrected chi connectivity index (χ1v) is 26.8. The van der Waals surface area contributed by atoms with E-state index in [9.17, 15) is 19.0 Å². The number of carbonyl (C=O) groups excluding carboxylic acids is 2. The molecule has 0 bridgehead atoms. The SMILES string of the molecule is CC/C=C\C/C=C\C/C=C\C/C=C\C/C=C\C/C=C\C/C=C\CCCCCC(=O)OC(COC(=O)CCCCCCCCC/C=C\C/C=C\C/C=C\CC)COP(=O)(O)OCC[N+](C)(C)C. The molecule has 66 heavy (non-hydrogen) atoms. The van der Waals surface area contributed by atoms with Gasteiger partial charge in [0, 0.05) is 12.8 Å². The van der Waals surface area contributed by atoms with Gasteiger partial charge in [0.15, 0.2) is 6.10 Å². The van der Waals surface area contributed by atoms with Gasteiger partial charge in [0.25, 0.3) is 0 Å². The van der Waals surface area contributed by atoms with Crippen LogP contribution in [0.5, 0.6) is 0 Å². The average Bonchev–Trinajstić information content (AvgIpc) is 3.27. The van der Waals surface area contributed by atoms with Gasteiger partial charge >= 0.3 is 19.8 Å².